The van der Waals surface area contributed by atoms with Crippen molar-refractivity contribution in [3.05, 3.63) is 41.9 Å². The van der Waals surface area contributed by atoms with E-state index in [2.05, 4.69) is 15.4 Å². The van der Waals surface area contributed by atoms with E-state index in [0.29, 0.717) is 31.6 Å². The molecular weight excluding hydrogens is 335 g/mol. The number of piperidine rings is 1. The SMILES string of the molecule is Cn1ccc(C(=O)NC2CCN(c3ncccc3C(F)(F)F)CC2)n1. The number of amides is 1. The number of rotatable bonds is 3. The Morgan fingerprint density at radius 1 is 1.28 bits per heavy atom. The van der Waals surface area contributed by atoms with Crippen molar-refractivity contribution < 1.29 is 18.0 Å². The molecule has 1 N–H and O–H groups in total. The highest BCUT2D eigenvalue weighted by Crippen LogP contribution is 2.35. The van der Waals surface area contributed by atoms with E-state index in [1.807, 2.05) is 0 Å². The summed E-state index contributed by atoms with van der Waals surface area (Å²) in [4.78, 5) is 17.6. The van der Waals surface area contributed by atoms with Crippen molar-refractivity contribution in [2.45, 2.75) is 25.1 Å². The molecule has 3 rings (SSSR count). The van der Waals surface area contributed by atoms with Crippen LogP contribution < -0.4 is 10.2 Å². The number of nitrogens with zero attached hydrogens (tertiary/aromatic N) is 4. The number of halogens is 3. The largest absolute Gasteiger partial charge is 0.419 e. The first-order valence-corrected chi connectivity index (χ1v) is 7.92. The number of anilines is 1. The highest BCUT2D eigenvalue weighted by Gasteiger charge is 2.36. The average Bonchev–Trinajstić information content (AvgIpc) is 3.01. The summed E-state index contributed by atoms with van der Waals surface area (Å²) in [5.41, 5.74) is -0.403. The lowest BCUT2D eigenvalue weighted by Crippen LogP contribution is -2.45. The topological polar surface area (TPSA) is 63.1 Å². The van der Waals surface area contributed by atoms with Crippen LogP contribution in [0.2, 0.25) is 0 Å². The second-order valence-electron chi connectivity index (χ2n) is 5.98. The van der Waals surface area contributed by atoms with Gasteiger partial charge in [0.1, 0.15) is 11.5 Å². The molecule has 1 aliphatic rings. The molecule has 0 bridgehead atoms. The average molecular weight is 353 g/mol. The van der Waals surface area contributed by atoms with Gasteiger partial charge < -0.3 is 10.2 Å². The molecule has 1 saturated heterocycles. The minimum atomic E-state index is -4.44. The lowest BCUT2D eigenvalue weighted by atomic mass is 10.0. The summed E-state index contributed by atoms with van der Waals surface area (Å²) in [6.45, 7) is 0.792. The van der Waals surface area contributed by atoms with Gasteiger partial charge in [-0.3, -0.25) is 9.48 Å². The maximum Gasteiger partial charge on any atom is 0.419 e. The molecule has 0 unspecified atom stereocenters. The number of aromatic nitrogens is 3. The van der Waals surface area contributed by atoms with E-state index in [1.54, 1.807) is 24.2 Å². The number of hydrogen-bond donors (Lipinski definition) is 1. The third-order valence-corrected chi connectivity index (χ3v) is 4.17. The third kappa shape index (κ3) is 3.92. The normalized spacial score (nSPS) is 16.1. The fourth-order valence-electron chi connectivity index (χ4n) is 2.90. The van der Waals surface area contributed by atoms with E-state index in [9.17, 15) is 18.0 Å². The molecule has 1 aliphatic heterocycles. The molecular formula is C16H18F3N5O. The Morgan fingerprint density at radius 2 is 2.00 bits per heavy atom. The molecule has 2 aromatic rings. The van der Waals surface area contributed by atoms with Gasteiger partial charge in [0.15, 0.2) is 0 Å². The molecule has 3 heterocycles. The van der Waals surface area contributed by atoms with Crippen molar-refractivity contribution in [3.8, 4) is 0 Å². The second kappa shape index (κ2) is 6.73. The van der Waals surface area contributed by atoms with Gasteiger partial charge >= 0.3 is 6.18 Å². The van der Waals surface area contributed by atoms with E-state index in [0.717, 1.165) is 6.07 Å². The molecule has 0 atom stereocenters. The quantitative estimate of drug-likeness (QED) is 0.919. The van der Waals surface area contributed by atoms with Crippen molar-refractivity contribution in [2.75, 3.05) is 18.0 Å². The first-order chi connectivity index (χ1) is 11.8. The van der Waals surface area contributed by atoms with Crippen molar-refractivity contribution in [1.29, 1.82) is 0 Å². The molecule has 2 aromatic heterocycles. The van der Waals surface area contributed by atoms with Gasteiger partial charge in [0.2, 0.25) is 0 Å². The maximum absolute atomic E-state index is 13.1. The monoisotopic (exact) mass is 353 g/mol. The fourth-order valence-corrected chi connectivity index (χ4v) is 2.90. The number of carbonyl (C=O) groups is 1. The molecule has 134 valence electrons. The first-order valence-electron chi connectivity index (χ1n) is 7.92. The summed E-state index contributed by atoms with van der Waals surface area (Å²) in [7, 11) is 1.72. The van der Waals surface area contributed by atoms with Crippen molar-refractivity contribution in [3.63, 3.8) is 0 Å². The third-order valence-electron chi connectivity index (χ3n) is 4.17. The Labute approximate surface area is 142 Å². The Bertz CT molecular complexity index is 750. The van der Waals surface area contributed by atoms with E-state index in [-0.39, 0.29) is 17.8 Å². The molecule has 9 heteroatoms. The van der Waals surface area contributed by atoms with Crippen LogP contribution in [0.1, 0.15) is 28.9 Å². The van der Waals surface area contributed by atoms with E-state index in [1.165, 1.54) is 16.9 Å². The number of alkyl halides is 3. The van der Waals surface area contributed by atoms with E-state index < -0.39 is 11.7 Å². The van der Waals surface area contributed by atoms with Crippen LogP contribution in [0.4, 0.5) is 19.0 Å². The van der Waals surface area contributed by atoms with Crippen molar-refractivity contribution in [2.24, 2.45) is 7.05 Å². The summed E-state index contributed by atoms with van der Waals surface area (Å²) in [6.07, 6.45) is -0.302. The second-order valence-corrected chi connectivity index (χ2v) is 5.98. The molecule has 0 aromatic carbocycles. The van der Waals surface area contributed by atoms with Gasteiger partial charge in [-0.2, -0.15) is 18.3 Å². The zero-order chi connectivity index (χ0) is 18.0. The zero-order valence-corrected chi connectivity index (χ0v) is 13.6. The standard InChI is InChI=1S/C16H18F3N5O/c1-23-8-6-13(22-23)15(25)21-11-4-9-24(10-5-11)14-12(16(17,18)19)3-2-7-20-14/h2-3,6-8,11H,4-5,9-10H2,1H3,(H,21,25). The van der Waals surface area contributed by atoms with Gasteiger partial charge in [-0.05, 0) is 31.0 Å². The summed E-state index contributed by atoms with van der Waals surface area (Å²) in [5, 5.41) is 6.92. The molecule has 6 nitrogen and oxygen atoms in total. The van der Waals surface area contributed by atoms with Gasteiger partial charge in [-0.1, -0.05) is 0 Å². The van der Waals surface area contributed by atoms with Gasteiger partial charge in [0.05, 0.1) is 5.56 Å². The van der Waals surface area contributed by atoms with Gasteiger partial charge in [0.25, 0.3) is 5.91 Å². The number of aryl methyl sites for hydroxylation is 1. The van der Waals surface area contributed by atoms with Crippen molar-refractivity contribution in [1.82, 2.24) is 20.1 Å². The zero-order valence-electron chi connectivity index (χ0n) is 13.6. The van der Waals surface area contributed by atoms with Crippen LogP contribution in [-0.2, 0) is 13.2 Å². The Hall–Kier alpha value is -2.58. The smallest absolute Gasteiger partial charge is 0.356 e. The van der Waals surface area contributed by atoms with E-state index in [4.69, 9.17) is 0 Å². The minimum Gasteiger partial charge on any atom is -0.356 e. The number of hydrogen-bond acceptors (Lipinski definition) is 4. The molecule has 1 fully saturated rings. The molecule has 0 radical (unpaired) electrons. The fraction of sp³-hybridized carbons (Fsp3) is 0.438. The number of pyridine rings is 1. The highest BCUT2D eigenvalue weighted by molar-refractivity contribution is 5.92. The summed E-state index contributed by atoms with van der Waals surface area (Å²) < 4.78 is 40.9. The summed E-state index contributed by atoms with van der Waals surface area (Å²) >= 11 is 0. The number of carbonyl (C=O) groups excluding carboxylic acids is 1. The first kappa shape index (κ1) is 17.2. The minimum absolute atomic E-state index is 0.0514. The molecule has 1 amide bonds. The number of nitrogens with one attached hydrogen (secondary N) is 1. The van der Waals surface area contributed by atoms with Crippen molar-refractivity contribution >= 4 is 11.7 Å². The van der Waals surface area contributed by atoms with Crippen LogP contribution in [-0.4, -0.2) is 39.8 Å². The maximum atomic E-state index is 13.1. The lowest BCUT2D eigenvalue weighted by molar-refractivity contribution is -0.137. The predicted molar refractivity (Wildman–Crippen MR) is 85.1 cm³/mol. The molecule has 0 saturated carbocycles. The van der Waals surface area contributed by atoms with Crippen LogP contribution in [0.25, 0.3) is 0 Å². The Kier molecular flexibility index (Phi) is 4.65. The van der Waals surface area contributed by atoms with Crippen LogP contribution in [0.3, 0.4) is 0 Å². The van der Waals surface area contributed by atoms with Gasteiger partial charge in [0, 0.05) is 38.6 Å². The predicted octanol–water partition coefficient (Wildman–Crippen LogP) is 2.23. The summed E-state index contributed by atoms with van der Waals surface area (Å²) in [6, 6.07) is 3.85. The Morgan fingerprint density at radius 3 is 2.60 bits per heavy atom. The molecule has 0 aliphatic carbocycles. The van der Waals surface area contributed by atoms with Crippen LogP contribution in [0, 0.1) is 0 Å². The highest BCUT2D eigenvalue weighted by atomic mass is 19.4. The van der Waals surface area contributed by atoms with E-state index >= 15 is 0 Å². The summed E-state index contributed by atoms with van der Waals surface area (Å²) in [5.74, 6) is -0.322. The van der Waals surface area contributed by atoms with Crippen LogP contribution >= 0.6 is 0 Å². The lowest BCUT2D eigenvalue weighted by Gasteiger charge is -2.34. The Balaban J connectivity index is 1.62. The van der Waals surface area contributed by atoms with Crippen LogP contribution in [0.5, 0.6) is 0 Å². The van der Waals surface area contributed by atoms with Gasteiger partial charge in [-0.25, -0.2) is 4.98 Å². The van der Waals surface area contributed by atoms with Crippen LogP contribution in [0.15, 0.2) is 30.6 Å². The van der Waals surface area contributed by atoms with Gasteiger partial charge in [-0.15, -0.1) is 0 Å². The molecule has 25 heavy (non-hydrogen) atoms. The molecule has 0 spiro atoms.